The van der Waals surface area contributed by atoms with Gasteiger partial charge in [-0.3, -0.25) is 14.9 Å². The van der Waals surface area contributed by atoms with Gasteiger partial charge < -0.3 is 14.5 Å². The Morgan fingerprint density at radius 2 is 2.12 bits per heavy atom. The Bertz CT molecular complexity index is 948. The fourth-order valence-corrected chi connectivity index (χ4v) is 2.36. The topological polar surface area (TPSA) is 98.8 Å². The number of benzene rings is 1. The van der Waals surface area contributed by atoms with Gasteiger partial charge in [-0.05, 0) is 31.2 Å². The van der Waals surface area contributed by atoms with Crippen LogP contribution in [0.1, 0.15) is 16.1 Å². The van der Waals surface area contributed by atoms with Gasteiger partial charge >= 0.3 is 5.69 Å². The van der Waals surface area contributed by atoms with Gasteiger partial charge in [0.1, 0.15) is 5.65 Å². The monoisotopic (exact) mass is 326 g/mol. The van der Waals surface area contributed by atoms with Crippen LogP contribution in [0.3, 0.4) is 0 Å². The number of ether oxygens (including phenoxy) is 1. The Morgan fingerprint density at radius 3 is 2.83 bits per heavy atom. The number of methoxy groups -OCH3 is 1. The SMILES string of the molecule is COc1ccc(NC(=O)c2ccn3cc(C)nc3c2)cc1[N+](=O)[O-]. The zero-order valence-corrected chi connectivity index (χ0v) is 13.0. The van der Waals surface area contributed by atoms with E-state index in [1.165, 1.54) is 19.2 Å². The molecule has 2 heterocycles. The molecule has 1 aromatic carbocycles. The summed E-state index contributed by atoms with van der Waals surface area (Å²) in [5.74, 6) is -0.245. The zero-order valence-electron chi connectivity index (χ0n) is 13.0. The average molecular weight is 326 g/mol. The molecule has 0 aliphatic carbocycles. The summed E-state index contributed by atoms with van der Waals surface area (Å²) >= 11 is 0. The lowest BCUT2D eigenvalue weighted by Crippen LogP contribution is -2.12. The molecule has 0 radical (unpaired) electrons. The minimum absolute atomic E-state index is 0.132. The first-order valence-corrected chi connectivity index (χ1v) is 7.07. The third kappa shape index (κ3) is 2.89. The Hall–Kier alpha value is -3.42. The number of imidazole rings is 1. The first-order valence-electron chi connectivity index (χ1n) is 7.07. The third-order valence-electron chi connectivity index (χ3n) is 3.48. The molecule has 0 spiro atoms. The number of nitrogens with zero attached hydrogens (tertiary/aromatic N) is 3. The van der Waals surface area contributed by atoms with E-state index in [2.05, 4.69) is 10.3 Å². The Labute approximate surface area is 136 Å². The highest BCUT2D eigenvalue weighted by Crippen LogP contribution is 2.29. The maximum absolute atomic E-state index is 12.4. The summed E-state index contributed by atoms with van der Waals surface area (Å²) in [5, 5.41) is 13.7. The first-order chi connectivity index (χ1) is 11.5. The second-order valence-electron chi connectivity index (χ2n) is 5.16. The fourth-order valence-electron chi connectivity index (χ4n) is 2.36. The molecule has 0 bridgehead atoms. The zero-order chi connectivity index (χ0) is 17.3. The van der Waals surface area contributed by atoms with E-state index in [0.717, 1.165) is 5.69 Å². The number of hydrogen-bond acceptors (Lipinski definition) is 5. The van der Waals surface area contributed by atoms with Gasteiger partial charge in [0.2, 0.25) is 0 Å². The van der Waals surface area contributed by atoms with E-state index in [1.807, 2.05) is 17.5 Å². The number of aryl methyl sites for hydroxylation is 1. The Morgan fingerprint density at radius 1 is 1.33 bits per heavy atom. The standard InChI is InChI=1S/C16H14N4O4/c1-10-9-19-6-5-11(7-15(19)17-10)16(21)18-12-3-4-14(24-2)13(8-12)20(22)23/h3-9H,1-2H3,(H,18,21). The number of nitrogens with one attached hydrogen (secondary N) is 1. The van der Waals surface area contributed by atoms with Crippen molar-refractivity contribution in [1.82, 2.24) is 9.38 Å². The maximum atomic E-state index is 12.4. The van der Waals surface area contributed by atoms with E-state index in [1.54, 1.807) is 24.4 Å². The van der Waals surface area contributed by atoms with E-state index < -0.39 is 4.92 Å². The van der Waals surface area contributed by atoms with Crippen LogP contribution in [0.15, 0.2) is 42.7 Å². The highest BCUT2D eigenvalue weighted by atomic mass is 16.6. The van der Waals surface area contributed by atoms with Crippen LogP contribution < -0.4 is 10.1 Å². The smallest absolute Gasteiger partial charge is 0.312 e. The third-order valence-corrected chi connectivity index (χ3v) is 3.48. The van der Waals surface area contributed by atoms with Gasteiger partial charge in [-0.2, -0.15) is 0 Å². The van der Waals surface area contributed by atoms with Crippen molar-refractivity contribution < 1.29 is 14.5 Å². The molecule has 0 saturated carbocycles. The van der Waals surface area contributed by atoms with Crippen LogP contribution in [0, 0.1) is 17.0 Å². The van der Waals surface area contributed by atoms with Gasteiger partial charge in [0, 0.05) is 29.7 Å². The molecule has 0 atom stereocenters. The van der Waals surface area contributed by atoms with Crippen LogP contribution in [0.5, 0.6) is 5.75 Å². The van der Waals surface area contributed by atoms with E-state index in [9.17, 15) is 14.9 Å². The van der Waals surface area contributed by atoms with Crippen molar-refractivity contribution in [3.8, 4) is 5.75 Å². The van der Waals surface area contributed by atoms with Gasteiger partial charge in [-0.25, -0.2) is 4.98 Å². The maximum Gasteiger partial charge on any atom is 0.312 e. The summed E-state index contributed by atoms with van der Waals surface area (Å²) in [5.41, 5.74) is 2.01. The number of fused-ring (bicyclic) bond motifs is 1. The number of carbonyl (C=O) groups excluding carboxylic acids is 1. The average Bonchev–Trinajstić information content (AvgIpc) is 2.93. The number of pyridine rings is 1. The van der Waals surface area contributed by atoms with Crippen LogP contribution in [0.2, 0.25) is 0 Å². The number of aromatic nitrogens is 2. The predicted molar refractivity (Wildman–Crippen MR) is 87.5 cm³/mol. The van der Waals surface area contributed by atoms with E-state index in [4.69, 9.17) is 4.74 Å². The van der Waals surface area contributed by atoms with Gasteiger partial charge in [-0.1, -0.05) is 0 Å². The normalized spacial score (nSPS) is 10.6. The van der Waals surface area contributed by atoms with Crippen molar-refractivity contribution in [2.24, 2.45) is 0 Å². The Kier molecular flexibility index (Phi) is 3.87. The molecule has 3 aromatic rings. The molecule has 24 heavy (non-hydrogen) atoms. The number of nitro benzene ring substituents is 1. The predicted octanol–water partition coefficient (Wildman–Crippen LogP) is 2.81. The minimum Gasteiger partial charge on any atom is -0.490 e. The van der Waals surface area contributed by atoms with E-state index >= 15 is 0 Å². The van der Waals surface area contributed by atoms with Crippen molar-refractivity contribution in [3.63, 3.8) is 0 Å². The van der Waals surface area contributed by atoms with Crippen molar-refractivity contribution in [3.05, 3.63) is 64.1 Å². The summed E-state index contributed by atoms with van der Waals surface area (Å²) in [6.07, 6.45) is 3.59. The molecule has 1 amide bonds. The molecule has 0 fully saturated rings. The van der Waals surface area contributed by atoms with Gasteiger partial charge in [-0.15, -0.1) is 0 Å². The van der Waals surface area contributed by atoms with Crippen molar-refractivity contribution in [2.75, 3.05) is 12.4 Å². The fraction of sp³-hybridized carbons (Fsp3) is 0.125. The number of carbonyl (C=O) groups is 1. The molecule has 0 aliphatic heterocycles. The largest absolute Gasteiger partial charge is 0.490 e. The summed E-state index contributed by atoms with van der Waals surface area (Å²) in [6.45, 7) is 1.86. The van der Waals surface area contributed by atoms with Crippen LogP contribution in [-0.2, 0) is 0 Å². The molecule has 122 valence electrons. The summed E-state index contributed by atoms with van der Waals surface area (Å²) in [4.78, 5) is 27.1. The summed E-state index contributed by atoms with van der Waals surface area (Å²) in [6, 6.07) is 7.55. The van der Waals surface area contributed by atoms with Crippen molar-refractivity contribution in [1.29, 1.82) is 0 Å². The highest BCUT2D eigenvalue weighted by molar-refractivity contribution is 6.05. The molecular formula is C16H14N4O4. The second kappa shape index (κ2) is 5.99. The number of rotatable bonds is 4. The van der Waals surface area contributed by atoms with E-state index in [0.29, 0.717) is 16.9 Å². The molecule has 0 aliphatic rings. The lowest BCUT2D eigenvalue weighted by Gasteiger charge is -2.07. The molecule has 8 nitrogen and oxygen atoms in total. The molecule has 1 N–H and O–H groups in total. The lowest BCUT2D eigenvalue weighted by molar-refractivity contribution is -0.385. The minimum atomic E-state index is -0.562. The lowest BCUT2D eigenvalue weighted by atomic mass is 10.2. The van der Waals surface area contributed by atoms with Gasteiger partial charge in [0.15, 0.2) is 5.75 Å². The number of amides is 1. The summed E-state index contributed by atoms with van der Waals surface area (Å²) in [7, 11) is 1.35. The molecular weight excluding hydrogens is 312 g/mol. The number of anilines is 1. The molecule has 8 heteroatoms. The quantitative estimate of drug-likeness (QED) is 0.587. The van der Waals surface area contributed by atoms with Crippen molar-refractivity contribution in [2.45, 2.75) is 6.92 Å². The van der Waals surface area contributed by atoms with E-state index in [-0.39, 0.29) is 17.3 Å². The highest BCUT2D eigenvalue weighted by Gasteiger charge is 2.16. The van der Waals surface area contributed by atoms with Crippen molar-refractivity contribution >= 4 is 22.9 Å². The molecule has 3 rings (SSSR count). The van der Waals surface area contributed by atoms with Gasteiger partial charge in [0.05, 0.1) is 17.7 Å². The number of hydrogen-bond donors (Lipinski definition) is 1. The van der Waals surface area contributed by atoms with Crippen LogP contribution in [0.4, 0.5) is 11.4 Å². The molecule has 2 aromatic heterocycles. The summed E-state index contributed by atoms with van der Waals surface area (Å²) < 4.78 is 6.75. The number of nitro groups is 1. The first kappa shape index (κ1) is 15.5. The van der Waals surface area contributed by atoms with Crippen LogP contribution in [-0.4, -0.2) is 27.3 Å². The second-order valence-corrected chi connectivity index (χ2v) is 5.16. The van der Waals surface area contributed by atoms with Gasteiger partial charge in [0.25, 0.3) is 5.91 Å². The Balaban J connectivity index is 1.87. The van der Waals surface area contributed by atoms with Crippen LogP contribution >= 0.6 is 0 Å². The molecule has 0 saturated heterocycles. The molecule has 0 unspecified atom stereocenters. The van der Waals surface area contributed by atoms with Crippen LogP contribution in [0.25, 0.3) is 5.65 Å².